The summed E-state index contributed by atoms with van der Waals surface area (Å²) in [6.07, 6.45) is 0.760. The number of nitro groups is 1. The van der Waals surface area contributed by atoms with Crippen molar-refractivity contribution >= 4 is 11.6 Å². The zero-order valence-electron chi connectivity index (χ0n) is 12.6. The van der Waals surface area contributed by atoms with Crippen LogP contribution in [0.3, 0.4) is 0 Å². The lowest BCUT2D eigenvalue weighted by atomic mass is 10.1. The van der Waals surface area contributed by atoms with Gasteiger partial charge in [-0.3, -0.25) is 14.9 Å². The fourth-order valence-corrected chi connectivity index (χ4v) is 2.22. The molecule has 1 amide bonds. The van der Waals surface area contributed by atoms with E-state index in [0.29, 0.717) is 5.56 Å². The lowest BCUT2D eigenvalue weighted by molar-refractivity contribution is -0.384. The van der Waals surface area contributed by atoms with E-state index in [9.17, 15) is 14.9 Å². The number of carbonyl (C=O) groups excluding carboxylic acids is 1. The summed E-state index contributed by atoms with van der Waals surface area (Å²) in [5.41, 5.74) is 1.60. The molecule has 2 aromatic rings. The van der Waals surface area contributed by atoms with E-state index in [0.717, 1.165) is 6.42 Å². The van der Waals surface area contributed by atoms with E-state index in [-0.39, 0.29) is 17.6 Å². The van der Waals surface area contributed by atoms with Gasteiger partial charge in [0.2, 0.25) is 0 Å². The van der Waals surface area contributed by atoms with Crippen LogP contribution in [0.2, 0.25) is 0 Å². The van der Waals surface area contributed by atoms with Gasteiger partial charge in [-0.15, -0.1) is 0 Å². The number of nitro benzene ring substituents is 1. The molecule has 5 nitrogen and oxygen atoms in total. The smallest absolute Gasteiger partial charge is 0.269 e. The third-order valence-electron chi connectivity index (χ3n) is 3.68. The first-order valence-electron chi connectivity index (χ1n) is 7.04. The van der Waals surface area contributed by atoms with Gasteiger partial charge < -0.3 is 4.90 Å². The van der Waals surface area contributed by atoms with Gasteiger partial charge in [0.1, 0.15) is 0 Å². The maximum atomic E-state index is 12.4. The summed E-state index contributed by atoms with van der Waals surface area (Å²) in [6, 6.07) is 15.7. The molecular weight excluding hydrogens is 280 g/mol. The standard InChI is InChI=1S/C17H18N2O3/c1-13(12-14-6-4-3-5-7-14)18(2)17(20)15-8-10-16(11-9-15)19(21)22/h3-11,13H,12H2,1-2H3. The number of benzene rings is 2. The number of nitrogens with zero attached hydrogens (tertiary/aromatic N) is 2. The van der Waals surface area contributed by atoms with Gasteiger partial charge in [-0.1, -0.05) is 30.3 Å². The van der Waals surface area contributed by atoms with Gasteiger partial charge in [-0.2, -0.15) is 0 Å². The molecule has 0 fully saturated rings. The predicted molar refractivity (Wildman–Crippen MR) is 84.8 cm³/mol. The number of rotatable bonds is 5. The highest BCUT2D eigenvalue weighted by Gasteiger charge is 2.18. The summed E-state index contributed by atoms with van der Waals surface area (Å²) in [7, 11) is 1.75. The molecule has 0 aromatic heterocycles. The molecule has 0 aliphatic carbocycles. The van der Waals surface area contributed by atoms with Gasteiger partial charge >= 0.3 is 0 Å². The molecule has 1 atom stereocenters. The average molecular weight is 298 g/mol. The van der Waals surface area contributed by atoms with Crippen LogP contribution in [0.5, 0.6) is 0 Å². The van der Waals surface area contributed by atoms with E-state index >= 15 is 0 Å². The molecule has 2 aromatic carbocycles. The highest BCUT2D eigenvalue weighted by Crippen LogP contribution is 2.15. The van der Waals surface area contributed by atoms with Crippen molar-refractivity contribution < 1.29 is 9.72 Å². The molecule has 0 aliphatic heterocycles. The third kappa shape index (κ3) is 3.69. The summed E-state index contributed by atoms with van der Waals surface area (Å²) in [4.78, 5) is 24.2. The normalized spacial score (nSPS) is 11.7. The number of non-ortho nitro benzene ring substituents is 1. The Morgan fingerprint density at radius 3 is 2.27 bits per heavy atom. The minimum Gasteiger partial charge on any atom is -0.339 e. The topological polar surface area (TPSA) is 63.5 Å². The maximum Gasteiger partial charge on any atom is 0.269 e. The lowest BCUT2D eigenvalue weighted by Gasteiger charge is -2.25. The predicted octanol–water partition coefficient (Wildman–Crippen LogP) is 3.30. The van der Waals surface area contributed by atoms with Gasteiger partial charge in [-0.25, -0.2) is 0 Å². The van der Waals surface area contributed by atoms with Crippen LogP contribution in [-0.2, 0) is 6.42 Å². The maximum absolute atomic E-state index is 12.4. The van der Waals surface area contributed by atoms with Crippen molar-refractivity contribution in [1.82, 2.24) is 4.90 Å². The second-order valence-electron chi connectivity index (χ2n) is 5.26. The SMILES string of the molecule is CC(Cc1ccccc1)N(C)C(=O)c1ccc([N+](=O)[O-])cc1. The molecule has 0 radical (unpaired) electrons. The number of hydrogen-bond donors (Lipinski definition) is 0. The Morgan fingerprint density at radius 2 is 1.73 bits per heavy atom. The second-order valence-corrected chi connectivity index (χ2v) is 5.26. The monoisotopic (exact) mass is 298 g/mol. The van der Waals surface area contributed by atoms with Crippen LogP contribution in [0.25, 0.3) is 0 Å². The van der Waals surface area contributed by atoms with Crippen LogP contribution < -0.4 is 0 Å². The molecular formula is C17H18N2O3. The van der Waals surface area contributed by atoms with Crippen LogP contribution in [0.15, 0.2) is 54.6 Å². The summed E-state index contributed by atoms with van der Waals surface area (Å²) < 4.78 is 0. The Balaban J connectivity index is 2.06. The van der Waals surface area contributed by atoms with Crippen molar-refractivity contribution in [3.05, 3.63) is 75.8 Å². The van der Waals surface area contributed by atoms with E-state index in [1.165, 1.54) is 29.8 Å². The zero-order valence-corrected chi connectivity index (χ0v) is 12.6. The molecule has 1 unspecified atom stereocenters. The first-order chi connectivity index (χ1) is 10.5. The first-order valence-corrected chi connectivity index (χ1v) is 7.04. The van der Waals surface area contributed by atoms with Crippen LogP contribution in [0, 0.1) is 10.1 Å². The fourth-order valence-electron chi connectivity index (χ4n) is 2.22. The highest BCUT2D eigenvalue weighted by atomic mass is 16.6. The Morgan fingerprint density at radius 1 is 1.14 bits per heavy atom. The molecule has 0 spiro atoms. The summed E-state index contributed by atoms with van der Waals surface area (Å²) >= 11 is 0. The third-order valence-corrected chi connectivity index (χ3v) is 3.68. The number of hydrogen-bond acceptors (Lipinski definition) is 3. The van der Waals surface area contributed by atoms with Crippen molar-refractivity contribution in [2.24, 2.45) is 0 Å². The van der Waals surface area contributed by atoms with E-state index in [1.807, 2.05) is 37.3 Å². The summed E-state index contributed by atoms with van der Waals surface area (Å²) in [5.74, 6) is -0.140. The van der Waals surface area contributed by atoms with Gasteiger partial charge in [-0.05, 0) is 31.0 Å². The number of likely N-dealkylation sites (N-methyl/N-ethyl adjacent to an activating group) is 1. The fraction of sp³-hybridized carbons (Fsp3) is 0.235. The highest BCUT2D eigenvalue weighted by molar-refractivity contribution is 5.94. The minimum atomic E-state index is -0.476. The molecule has 0 saturated heterocycles. The minimum absolute atomic E-state index is 0.0171. The van der Waals surface area contributed by atoms with E-state index in [4.69, 9.17) is 0 Å². The molecule has 5 heteroatoms. The molecule has 0 N–H and O–H groups in total. The lowest BCUT2D eigenvalue weighted by Crippen LogP contribution is -2.36. The van der Waals surface area contributed by atoms with Crippen molar-refractivity contribution in [3.8, 4) is 0 Å². The van der Waals surface area contributed by atoms with Crippen molar-refractivity contribution in [3.63, 3.8) is 0 Å². The van der Waals surface area contributed by atoms with E-state index < -0.39 is 4.92 Å². The molecule has 0 aliphatic rings. The summed E-state index contributed by atoms with van der Waals surface area (Å²) in [5, 5.41) is 10.6. The Hall–Kier alpha value is -2.69. The van der Waals surface area contributed by atoms with Gasteiger partial charge in [0.05, 0.1) is 4.92 Å². The Bertz CT molecular complexity index is 653. The quantitative estimate of drug-likeness (QED) is 0.628. The summed E-state index contributed by atoms with van der Waals surface area (Å²) in [6.45, 7) is 1.98. The van der Waals surface area contributed by atoms with Gasteiger partial charge in [0.25, 0.3) is 11.6 Å². The number of carbonyl (C=O) groups is 1. The van der Waals surface area contributed by atoms with Gasteiger partial charge in [0.15, 0.2) is 0 Å². The molecule has 22 heavy (non-hydrogen) atoms. The van der Waals surface area contributed by atoms with Crippen LogP contribution >= 0.6 is 0 Å². The van der Waals surface area contributed by atoms with Gasteiger partial charge in [0, 0.05) is 30.8 Å². The van der Waals surface area contributed by atoms with Crippen molar-refractivity contribution in [1.29, 1.82) is 0 Å². The largest absolute Gasteiger partial charge is 0.339 e. The van der Waals surface area contributed by atoms with Crippen LogP contribution in [-0.4, -0.2) is 28.8 Å². The molecule has 0 saturated carbocycles. The van der Waals surface area contributed by atoms with Crippen LogP contribution in [0.4, 0.5) is 5.69 Å². The van der Waals surface area contributed by atoms with E-state index in [2.05, 4.69) is 0 Å². The molecule has 0 heterocycles. The molecule has 0 bridgehead atoms. The first kappa shape index (κ1) is 15.7. The zero-order chi connectivity index (χ0) is 16.1. The number of amides is 1. The van der Waals surface area contributed by atoms with Crippen LogP contribution in [0.1, 0.15) is 22.8 Å². The van der Waals surface area contributed by atoms with Crippen molar-refractivity contribution in [2.45, 2.75) is 19.4 Å². The Kier molecular flexibility index (Phi) is 4.88. The average Bonchev–Trinajstić information content (AvgIpc) is 2.54. The second kappa shape index (κ2) is 6.85. The molecule has 114 valence electrons. The Labute approximate surface area is 129 Å². The molecule has 2 rings (SSSR count). The van der Waals surface area contributed by atoms with Crippen molar-refractivity contribution in [2.75, 3.05) is 7.05 Å². The van der Waals surface area contributed by atoms with E-state index in [1.54, 1.807) is 11.9 Å².